The average molecular weight is 205 g/mol. The van der Waals surface area contributed by atoms with Gasteiger partial charge in [0.2, 0.25) is 0 Å². The first kappa shape index (κ1) is 11.4. The van der Waals surface area contributed by atoms with E-state index in [4.69, 9.17) is 0 Å². The molecular weight excluding hydrogens is 190 g/mol. The highest BCUT2D eigenvalue weighted by atomic mass is 16.6. The molecule has 0 radical (unpaired) electrons. The van der Waals surface area contributed by atoms with Crippen molar-refractivity contribution >= 4 is 5.69 Å². The Labute approximate surface area is 89.6 Å². The van der Waals surface area contributed by atoms with Crippen molar-refractivity contribution in [3.05, 3.63) is 52.1 Å². The fourth-order valence-electron chi connectivity index (χ4n) is 1.53. The highest BCUT2D eigenvalue weighted by molar-refractivity contribution is 5.45. The maximum Gasteiger partial charge on any atom is 0.273 e. The first-order chi connectivity index (χ1) is 7.06. The van der Waals surface area contributed by atoms with Crippen molar-refractivity contribution in [2.45, 2.75) is 26.2 Å². The van der Waals surface area contributed by atoms with Crippen LogP contribution < -0.4 is 0 Å². The second-order valence-corrected chi connectivity index (χ2v) is 3.80. The predicted octanol–water partition coefficient (Wildman–Crippen LogP) is 3.45. The number of rotatable bonds is 4. The summed E-state index contributed by atoms with van der Waals surface area (Å²) in [6.45, 7) is 7.53. The van der Waals surface area contributed by atoms with Gasteiger partial charge in [-0.1, -0.05) is 32.1 Å². The van der Waals surface area contributed by atoms with Gasteiger partial charge >= 0.3 is 0 Å². The molecule has 0 unspecified atom stereocenters. The van der Waals surface area contributed by atoms with Crippen LogP contribution in [0.4, 0.5) is 5.69 Å². The Morgan fingerprint density at radius 3 is 2.67 bits per heavy atom. The standard InChI is InChI=1S/C12H15NO2/c1-4-5-10-6-7-11(9(2)3)12(8-10)13(14)15/h4,6-9H,1,5H2,2-3H3. The van der Waals surface area contributed by atoms with Crippen molar-refractivity contribution in [3.63, 3.8) is 0 Å². The summed E-state index contributed by atoms with van der Waals surface area (Å²) in [4.78, 5) is 10.5. The van der Waals surface area contributed by atoms with Gasteiger partial charge in [0.1, 0.15) is 0 Å². The number of nitro benzene ring substituents is 1. The Kier molecular flexibility index (Phi) is 3.61. The van der Waals surface area contributed by atoms with E-state index in [0.29, 0.717) is 6.42 Å². The largest absolute Gasteiger partial charge is 0.273 e. The number of allylic oxidation sites excluding steroid dienone is 1. The molecule has 0 saturated heterocycles. The molecule has 0 aliphatic carbocycles. The summed E-state index contributed by atoms with van der Waals surface area (Å²) >= 11 is 0. The molecule has 0 fully saturated rings. The van der Waals surface area contributed by atoms with Gasteiger partial charge in [-0.15, -0.1) is 6.58 Å². The summed E-state index contributed by atoms with van der Waals surface area (Å²) < 4.78 is 0. The minimum atomic E-state index is -0.318. The molecular formula is C12H15NO2. The van der Waals surface area contributed by atoms with Crippen molar-refractivity contribution in [3.8, 4) is 0 Å². The Morgan fingerprint density at radius 2 is 2.20 bits per heavy atom. The maximum absolute atomic E-state index is 10.9. The molecule has 0 spiro atoms. The Balaban J connectivity index is 3.20. The van der Waals surface area contributed by atoms with Crippen LogP contribution in [-0.4, -0.2) is 4.92 Å². The molecule has 0 bridgehead atoms. The quantitative estimate of drug-likeness (QED) is 0.429. The number of nitro groups is 1. The first-order valence-electron chi connectivity index (χ1n) is 4.94. The van der Waals surface area contributed by atoms with Crippen LogP contribution >= 0.6 is 0 Å². The number of hydrogen-bond donors (Lipinski definition) is 0. The van der Waals surface area contributed by atoms with Crippen LogP contribution in [0.1, 0.15) is 30.9 Å². The topological polar surface area (TPSA) is 43.1 Å². The lowest BCUT2D eigenvalue weighted by Gasteiger charge is -2.07. The number of nitrogens with zero attached hydrogens (tertiary/aromatic N) is 1. The second-order valence-electron chi connectivity index (χ2n) is 3.80. The lowest BCUT2D eigenvalue weighted by Crippen LogP contribution is -1.98. The van der Waals surface area contributed by atoms with Gasteiger partial charge < -0.3 is 0 Å². The van der Waals surface area contributed by atoms with E-state index in [0.717, 1.165) is 11.1 Å². The van der Waals surface area contributed by atoms with Gasteiger partial charge in [0.25, 0.3) is 5.69 Å². The summed E-state index contributed by atoms with van der Waals surface area (Å²) in [5, 5.41) is 10.9. The van der Waals surface area contributed by atoms with E-state index in [2.05, 4.69) is 6.58 Å². The highest BCUT2D eigenvalue weighted by Crippen LogP contribution is 2.27. The van der Waals surface area contributed by atoms with E-state index in [9.17, 15) is 10.1 Å². The summed E-state index contributed by atoms with van der Waals surface area (Å²) in [5.74, 6) is 0.170. The molecule has 0 aliphatic heterocycles. The smallest absolute Gasteiger partial charge is 0.258 e. The molecule has 0 amide bonds. The number of benzene rings is 1. The zero-order chi connectivity index (χ0) is 11.4. The van der Waals surface area contributed by atoms with E-state index >= 15 is 0 Å². The fraction of sp³-hybridized carbons (Fsp3) is 0.333. The van der Waals surface area contributed by atoms with Crippen LogP contribution in [0.2, 0.25) is 0 Å². The fourth-order valence-corrected chi connectivity index (χ4v) is 1.53. The van der Waals surface area contributed by atoms with Gasteiger partial charge in [-0.2, -0.15) is 0 Å². The third-order valence-electron chi connectivity index (χ3n) is 2.29. The van der Waals surface area contributed by atoms with Gasteiger partial charge in [-0.3, -0.25) is 10.1 Å². The van der Waals surface area contributed by atoms with Gasteiger partial charge in [-0.05, 0) is 17.9 Å². The Bertz CT molecular complexity index is 383. The van der Waals surface area contributed by atoms with Crippen LogP contribution in [0.25, 0.3) is 0 Å². The summed E-state index contributed by atoms with van der Waals surface area (Å²) in [5.41, 5.74) is 1.93. The molecule has 1 aromatic carbocycles. The van der Waals surface area contributed by atoms with E-state index in [1.807, 2.05) is 26.0 Å². The van der Waals surface area contributed by atoms with Gasteiger partial charge in [-0.25, -0.2) is 0 Å². The van der Waals surface area contributed by atoms with Gasteiger partial charge in [0.05, 0.1) is 4.92 Å². The van der Waals surface area contributed by atoms with Crippen molar-refractivity contribution in [1.29, 1.82) is 0 Å². The molecule has 0 aliphatic rings. The van der Waals surface area contributed by atoms with E-state index in [1.54, 1.807) is 12.1 Å². The molecule has 0 atom stereocenters. The molecule has 3 nitrogen and oxygen atoms in total. The van der Waals surface area contributed by atoms with Crippen LogP contribution in [0, 0.1) is 10.1 Å². The van der Waals surface area contributed by atoms with Crippen LogP contribution in [0.15, 0.2) is 30.9 Å². The summed E-state index contributed by atoms with van der Waals surface area (Å²) in [6, 6.07) is 5.39. The third kappa shape index (κ3) is 2.65. The SMILES string of the molecule is C=CCc1ccc(C(C)C)c([N+](=O)[O-])c1. The maximum atomic E-state index is 10.9. The van der Waals surface area contributed by atoms with Gasteiger partial charge in [0.15, 0.2) is 0 Å². The minimum absolute atomic E-state index is 0.170. The predicted molar refractivity (Wildman–Crippen MR) is 61.1 cm³/mol. The summed E-state index contributed by atoms with van der Waals surface area (Å²) in [7, 11) is 0. The Morgan fingerprint density at radius 1 is 1.53 bits per heavy atom. The molecule has 0 saturated carbocycles. The molecule has 0 heterocycles. The number of hydrogen-bond acceptors (Lipinski definition) is 2. The van der Waals surface area contributed by atoms with Crippen LogP contribution in [0.3, 0.4) is 0 Å². The average Bonchev–Trinajstić information content (AvgIpc) is 2.17. The van der Waals surface area contributed by atoms with Crippen molar-refractivity contribution < 1.29 is 4.92 Å². The van der Waals surface area contributed by atoms with Crippen molar-refractivity contribution in [2.24, 2.45) is 0 Å². The molecule has 80 valence electrons. The third-order valence-corrected chi connectivity index (χ3v) is 2.29. The zero-order valence-electron chi connectivity index (χ0n) is 9.06. The summed E-state index contributed by atoms with van der Waals surface area (Å²) in [6.07, 6.45) is 2.41. The normalized spacial score (nSPS) is 10.3. The lowest BCUT2D eigenvalue weighted by atomic mass is 9.98. The second kappa shape index (κ2) is 4.73. The zero-order valence-corrected chi connectivity index (χ0v) is 9.06. The molecule has 3 heteroatoms. The molecule has 1 aromatic rings. The van der Waals surface area contributed by atoms with Crippen LogP contribution in [-0.2, 0) is 6.42 Å². The monoisotopic (exact) mass is 205 g/mol. The highest BCUT2D eigenvalue weighted by Gasteiger charge is 2.16. The van der Waals surface area contributed by atoms with Crippen molar-refractivity contribution in [1.82, 2.24) is 0 Å². The molecule has 15 heavy (non-hydrogen) atoms. The lowest BCUT2D eigenvalue weighted by molar-refractivity contribution is -0.385. The molecule has 0 N–H and O–H groups in total. The van der Waals surface area contributed by atoms with E-state index in [-0.39, 0.29) is 16.5 Å². The van der Waals surface area contributed by atoms with Gasteiger partial charge in [0, 0.05) is 11.6 Å². The first-order valence-corrected chi connectivity index (χ1v) is 4.94. The van der Waals surface area contributed by atoms with Crippen molar-refractivity contribution in [2.75, 3.05) is 0 Å². The molecule has 0 aromatic heterocycles. The molecule has 1 rings (SSSR count). The van der Waals surface area contributed by atoms with E-state index < -0.39 is 0 Å². The van der Waals surface area contributed by atoms with Crippen LogP contribution in [0.5, 0.6) is 0 Å². The van der Waals surface area contributed by atoms with E-state index in [1.165, 1.54) is 0 Å². The Hall–Kier alpha value is -1.64. The minimum Gasteiger partial charge on any atom is -0.258 e.